The van der Waals surface area contributed by atoms with Crippen LogP contribution in [0, 0.1) is 0 Å². The van der Waals surface area contributed by atoms with E-state index in [-0.39, 0.29) is 12.6 Å². The fourth-order valence-corrected chi connectivity index (χ4v) is 3.84. The van der Waals surface area contributed by atoms with Crippen LogP contribution in [0.25, 0.3) is 0 Å². The van der Waals surface area contributed by atoms with Crippen LogP contribution in [0.5, 0.6) is 11.5 Å². The van der Waals surface area contributed by atoms with Gasteiger partial charge in [-0.1, -0.05) is 23.7 Å². The van der Waals surface area contributed by atoms with Crippen molar-refractivity contribution in [2.75, 3.05) is 52.5 Å². The maximum Gasteiger partial charge on any atom is 0.332 e. The van der Waals surface area contributed by atoms with Gasteiger partial charge < -0.3 is 19.1 Å². The van der Waals surface area contributed by atoms with Gasteiger partial charge in [0.15, 0.2) is 5.75 Å². The molecule has 0 amide bonds. The number of nitrogens with zero attached hydrogens (tertiary/aromatic N) is 3. The number of benzene rings is 2. The Morgan fingerprint density at radius 1 is 1.13 bits per heavy atom. The molecular formula is C23H26ClN3O4. The first kappa shape index (κ1) is 21.6. The highest BCUT2D eigenvalue weighted by molar-refractivity contribution is 6.31. The third kappa shape index (κ3) is 5.36. The minimum atomic E-state index is -0.321. The first-order valence-electron chi connectivity index (χ1n) is 10.5. The summed E-state index contributed by atoms with van der Waals surface area (Å²) in [5, 5.41) is 0.651. The lowest BCUT2D eigenvalue weighted by atomic mass is 10.1. The van der Waals surface area contributed by atoms with E-state index < -0.39 is 0 Å². The molecule has 0 spiro atoms. The van der Waals surface area contributed by atoms with Crippen LogP contribution in [0.2, 0.25) is 5.02 Å². The lowest BCUT2D eigenvalue weighted by molar-refractivity contribution is -0.148. The summed E-state index contributed by atoms with van der Waals surface area (Å²) >= 11 is 6.30. The largest absolute Gasteiger partial charge is 0.464 e. The van der Waals surface area contributed by atoms with E-state index in [4.69, 9.17) is 30.8 Å². The van der Waals surface area contributed by atoms with Gasteiger partial charge >= 0.3 is 5.97 Å². The van der Waals surface area contributed by atoms with E-state index in [0.717, 1.165) is 61.3 Å². The second-order valence-corrected chi connectivity index (χ2v) is 7.77. The molecule has 4 rings (SSSR count). The van der Waals surface area contributed by atoms with E-state index >= 15 is 0 Å². The molecule has 0 unspecified atom stereocenters. The molecule has 2 aliphatic rings. The van der Waals surface area contributed by atoms with Crippen LogP contribution < -0.4 is 4.74 Å². The van der Waals surface area contributed by atoms with Gasteiger partial charge in [0.1, 0.15) is 23.9 Å². The van der Waals surface area contributed by atoms with Gasteiger partial charge in [-0.2, -0.15) is 0 Å². The van der Waals surface area contributed by atoms with Gasteiger partial charge in [-0.25, -0.2) is 9.79 Å². The fraction of sp³-hybridized carbons (Fsp3) is 0.391. The van der Waals surface area contributed by atoms with Crippen molar-refractivity contribution in [2.45, 2.75) is 6.92 Å². The van der Waals surface area contributed by atoms with Crippen LogP contribution in [0.1, 0.15) is 12.5 Å². The first-order chi connectivity index (χ1) is 15.1. The van der Waals surface area contributed by atoms with Crippen molar-refractivity contribution < 1.29 is 19.0 Å². The Bertz CT molecular complexity index is 958. The Hall–Kier alpha value is -2.61. The number of esters is 1. The Kier molecular flexibility index (Phi) is 7.06. The molecular weight excluding hydrogens is 418 g/mol. The predicted octanol–water partition coefficient (Wildman–Crippen LogP) is 3.72. The van der Waals surface area contributed by atoms with Crippen molar-refractivity contribution in [1.29, 1.82) is 0 Å². The van der Waals surface area contributed by atoms with Crippen molar-refractivity contribution in [3.8, 4) is 11.5 Å². The average molecular weight is 444 g/mol. The molecule has 0 N–H and O–H groups in total. The molecule has 0 aromatic heterocycles. The van der Waals surface area contributed by atoms with Gasteiger partial charge in [0, 0.05) is 37.7 Å². The molecule has 0 atom stereocenters. The quantitative estimate of drug-likeness (QED) is 0.501. The SMILES string of the molecule is CCOC(=O)COCCN1CCN(C2=Nc3ccccc3Oc3ccc(Cl)cc32)CC1. The van der Waals surface area contributed by atoms with E-state index in [0.29, 0.717) is 18.2 Å². The summed E-state index contributed by atoms with van der Waals surface area (Å²) in [4.78, 5) is 20.9. The van der Waals surface area contributed by atoms with Gasteiger partial charge in [0.25, 0.3) is 0 Å². The number of fused-ring (bicyclic) bond motifs is 2. The number of hydrogen-bond donors (Lipinski definition) is 0. The summed E-state index contributed by atoms with van der Waals surface area (Å²) in [7, 11) is 0. The summed E-state index contributed by atoms with van der Waals surface area (Å²) < 4.78 is 16.4. The molecule has 2 aromatic carbocycles. The number of carbonyl (C=O) groups is 1. The molecule has 1 saturated heterocycles. The minimum absolute atomic E-state index is 0.00155. The second-order valence-electron chi connectivity index (χ2n) is 7.33. The monoisotopic (exact) mass is 443 g/mol. The number of carbonyl (C=O) groups excluding carboxylic acids is 1. The van der Waals surface area contributed by atoms with Crippen molar-refractivity contribution in [3.63, 3.8) is 0 Å². The van der Waals surface area contributed by atoms with Gasteiger partial charge in [-0.15, -0.1) is 0 Å². The number of aliphatic imine (C=N–C) groups is 1. The summed E-state index contributed by atoms with van der Waals surface area (Å²) in [5.74, 6) is 2.04. The highest BCUT2D eigenvalue weighted by Gasteiger charge is 2.26. The Morgan fingerprint density at radius 2 is 1.94 bits per heavy atom. The zero-order chi connectivity index (χ0) is 21.6. The smallest absolute Gasteiger partial charge is 0.332 e. The Balaban J connectivity index is 1.41. The summed E-state index contributed by atoms with van der Waals surface area (Å²) in [5.41, 5.74) is 1.70. The number of hydrogen-bond acceptors (Lipinski definition) is 7. The van der Waals surface area contributed by atoms with Gasteiger partial charge in [-0.05, 0) is 37.3 Å². The Labute approximate surface area is 187 Å². The normalized spacial score (nSPS) is 15.9. The van der Waals surface area contributed by atoms with Crippen molar-refractivity contribution in [2.24, 2.45) is 4.99 Å². The maximum atomic E-state index is 11.4. The number of halogens is 1. The molecule has 0 saturated carbocycles. The maximum absolute atomic E-state index is 11.4. The minimum Gasteiger partial charge on any atom is -0.464 e. The topological polar surface area (TPSA) is 63.6 Å². The van der Waals surface area contributed by atoms with E-state index in [1.807, 2.05) is 42.5 Å². The average Bonchev–Trinajstić information content (AvgIpc) is 2.94. The molecule has 0 bridgehead atoms. The van der Waals surface area contributed by atoms with Crippen molar-refractivity contribution in [1.82, 2.24) is 9.80 Å². The summed E-state index contributed by atoms with van der Waals surface area (Å²) in [6, 6.07) is 13.4. The molecule has 31 heavy (non-hydrogen) atoms. The summed E-state index contributed by atoms with van der Waals surface area (Å²) in [6.45, 7) is 6.83. The number of rotatable bonds is 6. The van der Waals surface area contributed by atoms with Gasteiger partial charge in [0.05, 0.1) is 18.8 Å². The molecule has 164 valence electrons. The highest BCUT2D eigenvalue weighted by Crippen LogP contribution is 2.38. The standard InChI is InChI=1S/C23H26ClN3O4/c1-2-30-22(28)16-29-14-13-26-9-11-27(12-10-26)23-18-15-17(24)7-8-20(18)31-21-6-4-3-5-19(21)25-23/h3-8,15H,2,9-14,16H2,1H3. The van der Waals surface area contributed by atoms with E-state index in [1.165, 1.54) is 0 Å². The zero-order valence-electron chi connectivity index (χ0n) is 17.6. The molecule has 2 heterocycles. The second kappa shape index (κ2) is 10.1. The molecule has 7 nitrogen and oxygen atoms in total. The summed E-state index contributed by atoms with van der Waals surface area (Å²) in [6.07, 6.45) is 0. The van der Waals surface area contributed by atoms with Crippen molar-refractivity contribution in [3.05, 3.63) is 53.1 Å². The highest BCUT2D eigenvalue weighted by atomic mass is 35.5. The van der Waals surface area contributed by atoms with Crippen LogP contribution in [0.4, 0.5) is 5.69 Å². The molecule has 2 aromatic rings. The van der Waals surface area contributed by atoms with E-state index in [1.54, 1.807) is 6.92 Å². The molecule has 2 aliphatic heterocycles. The third-order valence-corrected chi connectivity index (χ3v) is 5.48. The molecule has 0 aliphatic carbocycles. The van der Waals surface area contributed by atoms with Crippen LogP contribution in [-0.2, 0) is 14.3 Å². The lowest BCUT2D eigenvalue weighted by Crippen LogP contribution is -2.49. The number of amidine groups is 1. The zero-order valence-corrected chi connectivity index (χ0v) is 18.3. The van der Waals surface area contributed by atoms with E-state index in [2.05, 4.69) is 9.80 Å². The third-order valence-electron chi connectivity index (χ3n) is 5.24. The fourth-order valence-electron chi connectivity index (χ4n) is 3.67. The van der Waals surface area contributed by atoms with Crippen LogP contribution in [0.3, 0.4) is 0 Å². The van der Waals surface area contributed by atoms with Gasteiger partial charge in [-0.3, -0.25) is 4.90 Å². The first-order valence-corrected chi connectivity index (χ1v) is 10.9. The number of ether oxygens (including phenoxy) is 3. The van der Waals surface area contributed by atoms with Crippen LogP contribution >= 0.6 is 11.6 Å². The molecule has 8 heteroatoms. The van der Waals surface area contributed by atoms with Gasteiger partial charge in [0.2, 0.25) is 0 Å². The lowest BCUT2D eigenvalue weighted by Gasteiger charge is -2.36. The van der Waals surface area contributed by atoms with E-state index in [9.17, 15) is 4.79 Å². The van der Waals surface area contributed by atoms with Crippen molar-refractivity contribution >= 4 is 29.1 Å². The molecule has 0 radical (unpaired) electrons. The van der Waals surface area contributed by atoms with Crippen LogP contribution in [-0.4, -0.2) is 74.1 Å². The predicted molar refractivity (Wildman–Crippen MR) is 120 cm³/mol. The Morgan fingerprint density at radius 3 is 2.74 bits per heavy atom. The number of para-hydroxylation sites is 2. The number of piperazine rings is 1. The van der Waals surface area contributed by atoms with Crippen LogP contribution in [0.15, 0.2) is 47.5 Å². The molecule has 1 fully saturated rings.